The zero-order valence-corrected chi connectivity index (χ0v) is 18.1. The first-order chi connectivity index (χ1) is 14.0. The number of pyridine rings is 1. The average Bonchev–Trinajstić information content (AvgIpc) is 3.16. The Morgan fingerprint density at radius 1 is 1.28 bits per heavy atom. The molecular weight excluding hydrogens is 410 g/mol. The van der Waals surface area contributed by atoms with Crippen molar-refractivity contribution in [3.63, 3.8) is 0 Å². The van der Waals surface area contributed by atoms with Gasteiger partial charge in [0.1, 0.15) is 16.4 Å². The van der Waals surface area contributed by atoms with Crippen molar-refractivity contribution in [3.05, 3.63) is 48.3 Å². The lowest BCUT2D eigenvalue weighted by atomic mass is 9.94. The lowest BCUT2D eigenvalue weighted by molar-refractivity contribution is 0.218. The summed E-state index contributed by atoms with van der Waals surface area (Å²) in [7, 11) is -0.633. The van der Waals surface area contributed by atoms with E-state index in [1.165, 1.54) is 20.3 Å². The van der Waals surface area contributed by atoms with Gasteiger partial charge in [-0.3, -0.25) is 4.98 Å². The van der Waals surface area contributed by atoms with Gasteiger partial charge in [-0.15, -0.1) is 0 Å². The first kappa shape index (κ1) is 20.5. The summed E-state index contributed by atoms with van der Waals surface area (Å²) in [6, 6.07) is 9.21. The van der Waals surface area contributed by atoms with Crippen LogP contribution in [0.4, 0.5) is 0 Å². The van der Waals surface area contributed by atoms with Crippen molar-refractivity contribution in [2.24, 2.45) is 0 Å². The van der Waals surface area contributed by atoms with Crippen LogP contribution in [0.2, 0.25) is 0 Å². The second-order valence-corrected chi connectivity index (χ2v) is 10.8. The zero-order valence-electron chi connectivity index (χ0n) is 16.5. The standard InChI is InChI=1S/C20H25N3O4S2/c1-26-17-5-6-18(27-2)19(8-17)29(24,25)23-13-20(14-23)9-16(12-28-20)22-11-15-4-3-7-21-10-15/h3-8,10,16,22H,9,11-14H2,1-2H3. The maximum absolute atomic E-state index is 13.2. The Hall–Kier alpha value is -1.81. The molecule has 2 aromatic rings. The number of nitrogens with zero attached hydrogens (tertiary/aromatic N) is 2. The Balaban J connectivity index is 1.39. The summed E-state index contributed by atoms with van der Waals surface area (Å²) in [5.41, 5.74) is 1.15. The molecule has 4 rings (SSSR count). The highest BCUT2D eigenvalue weighted by molar-refractivity contribution is 8.01. The van der Waals surface area contributed by atoms with E-state index in [4.69, 9.17) is 9.47 Å². The molecule has 1 atom stereocenters. The molecule has 2 saturated heterocycles. The van der Waals surface area contributed by atoms with E-state index in [2.05, 4.69) is 16.4 Å². The van der Waals surface area contributed by atoms with Gasteiger partial charge in [0.15, 0.2) is 0 Å². The number of thioether (sulfide) groups is 1. The van der Waals surface area contributed by atoms with Crippen LogP contribution in [0.1, 0.15) is 12.0 Å². The molecule has 2 fully saturated rings. The molecule has 0 amide bonds. The van der Waals surface area contributed by atoms with Gasteiger partial charge < -0.3 is 14.8 Å². The molecule has 1 N–H and O–H groups in total. The molecule has 1 unspecified atom stereocenters. The highest BCUT2D eigenvalue weighted by Crippen LogP contribution is 2.47. The molecule has 1 spiro atoms. The van der Waals surface area contributed by atoms with E-state index in [1.54, 1.807) is 22.6 Å². The molecule has 7 nitrogen and oxygen atoms in total. The summed E-state index contributed by atoms with van der Waals surface area (Å²) in [6.07, 6.45) is 4.59. The number of hydrogen-bond donors (Lipinski definition) is 1. The molecule has 0 bridgehead atoms. The van der Waals surface area contributed by atoms with E-state index in [9.17, 15) is 8.42 Å². The van der Waals surface area contributed by atoms with Crippen molar-refractivity contribution in [1.29, 1.82) is 0 Å². The monoisotopic (exact) mass is 435 g/mol. The first-order valence-electron chi connectivity index (χ1n) is 9.44. The number of benzene rings is 1. The smallest absolute Gasteiger partial charge is 0.246 e. The van der Waals surface area contributed by atoms with Crippen molar-refractivity contribution in [2.45, 2.75) is 28.6 Å². The minimum absolute atomic E-state index is 0.00816. The summed E-state index contributed by atoms with van der Waals surface area (Å²) >= 11 is 1.87. The van der Waals surface area contributed by atoms with Gasteiger partial charge in [0.25, 0.3) is 0 Å². The highest BCUT2D eigenvalue weighted by Gasteiger charge is 2.53. The van der Waals surface area contributed by atoms with E-state index in [1.807, 2.05) is 24.0 Å². The van der Waals surface area contributed by atoms with Crippen LogP contribution in [0, 0.1) is 0 Å². The number of aromatic nitrogens is 1. The summed E-state index contributed by atoms with van der Waals surface area (Å²) in [6.45, 7) is 1.81. The van der Waals surface area contributed by atoms with E-state index in [0.717, 1.165) is 24.3 Å². The Morgan fingerprint density at radius 3 is 2.79 bits per heavy atom. The third kappa shape index (κ3) is 4.09. The molecule has 0 saturated carbocycles. The van der Waals surface area contributed by atoms with Gasteiger partial charge in [0.05, 0.1) is 14.2 Å². The van der Waals surface area contributed by atoms with Gasteiger partial charge in [-0.25, -0.2) is 8.42 Å². The topological polar surface area (TPSA) is 80.8 Å². The average molecular weight is 436 g/mol. The number of methoxy groups -OCH3 is 2. The molecule has 3 heterocycles. The van der Waals surface area contributed by atoms with Crippen LogP contribution in [0.5, 0.6) is 11.5 Å². The van der Waals surface area contributed by atoms with Gasteiger partial charge in [-0.1, -0.05) is 6.07 Å². The van der Waals surface area contributed by atoms with Crippen LogP contribution in [-0.4, -0.2) is 61.6 Å². The Labute approximate surface area is 175 Å². The fraction of sp³-hybridized carbons (Fsp3) is 0.450. The van der Waals surface area contributed by atoms with Crippen LogP contribution in [0.25, 0.3) is 0 Å². The molecule has 1 aromatic carbocycles. The summed E-state index contributed by atoms with van der Waals surface area (Å²) in [5, 5.41) is 3.57. The predicted molar refractivity (Wildman–Crippen MR) is 113 cm³/mol. The lowest BCUT2D eigenvalue weighted by Gasteiger charge is -2.46. The zero-order chi connectivity index (χ0) is 20.5. The van der Waals surface area contributed by atoms with Gasteiger partial charge in [-0.2, -0.15) is 16.1 Å². The van der Waals surface area contributed by atoms with E-state index < -0.39 is 10.0 Å². The van der Waals surface area contributed by atoms with Crippen LogP contribution < -0.4 is 14.8 Å². The van der Waals surface area contributed by atoms with E-state index >= 15 is 0 Å². The van der Waals surface area contributed by atoms with E-state index in [0.29, 0.717) is 30.6 Å². The van der Waals surface area contributed by atoms with Gasteiger partial charge >= 0.3 is 0 Å². The Bertz CT molecular complexity index is 963. The summed E-state index contributed by atoms with van der Waals surface area (Å²) in [4.78, 5) is 4.30. The van der Waals surface area contributed by atoms with E-state index in [-0.39, 0.29) is 9.64 Å². The van der Waals surface area contributed by atoms with Crippen LogP contribution >= 0.6 is 11.8 Å². The normalized spacial score (nSPS) is 21.1. The fourth-order valence-electron chi connectivity index (χ4n) is 3.85. The van der Waals surface area contributed by atoms with Gasteiger partial charge in [0, 0.05) is 54.6 Å². The second kappa shape index (κ2) is 8.14. The van der Waals surface area contributed by atoms with Crippen LogP contribution in [0.15, 0.2) is 47.6 Å². The molecule has 1 aromatic heterocycles. The maximum Gasteiger partial charge on any atom is 0.246 e. The number of rotatable bonds is 7. The largest absolute Gasteiger partial charge is 0.497 e. The first-order valence-corrected chi connectivity index (χ1v) is 11.9. The fourth-order valence-corrected chi connectivity index (χ4v) is 7.40. The molecular formula is C20H25N3O4S2. The van der Waals surface area contributed by atoms with Crippen LogP contribution in [0.3, 0.4) is 0 Å². The molecule has 29 heavy (non-hydrogen) atoms. The third-order valence-electron chi connectivity index (χ3n) is 5.44. The summed E-state index contributed by atoms with van der Waals surface area (Å²) in [5.74, 6) is 1.81. The molecule has 0 radical (unpaired) electrons. The molecule has 0 aliphatic carbocycles. The maximum atomic E-state index is 13.2. The molecule has 2 aliphatic heterocycles. The second-order valence-electron chi connectivity index (χ2n) is 7.43. The van der Waals surface area contributed by atoms with Crippen LogP contribution in [-0.2, 0) is 16.6 Å². The van der Waals surface area contributed by atoms with Crippen molar-refractivity contribution < 1.29 is 17.9 Å². The number of ether oxygens (including phenoxy) is 2. The van der Waals surface area contributed by atoms with Crippen molar-refractivity contribution >= 4 is 21.8 Å². The quantitative estimate of drug-likeness (QED) is 0.714. The van der Waals surface area contributed by atoms with Crippen molar-refractivity contribution in [2.75, 3.05) is 33.1 Å². The molecule has 2 aliphatic rings. The number of sulfonamides is 1. The van der Waals surface area contributed by atoms with Gasteiger partial charge in [0.2, 0.25) is 10.0 Å². The number of hydrogen-bond acceptors (Lipinski definition) is 7. The molecule has 156 valence electrons. The Kier molecular flexibility index (Phi) is 5.74. The summed E-state index contributed by atoms with van der Waals surface area (Å²) < 4.78 is 38.3. The Morgan fingerprint density at radius 2 is 2.10 bits per heavy atom. The SMILES string of the molecule is COc1ccc(OC)c(S(=O)(=O)N2CC3(CC(NCc4cccnc4)CS3)C2)c1. The number of nitrogens with one attached hydrogen (secondary N) is 1. The minimum atomic E-state index is -3.63. The highest BCUT2D eigenvalue weighted by atomic mass is 32.2. The van der Waals surface area contributed by atoms with Crippen molar-refractivity contribution in [3.8, 4) is 11.5 Å². The van der Waals surface area contributed by atoms with Crippen molar-refractivity contribution in [1.82, 2.24) is 14.6 Å². The predicted octanol–water partition coefficient (Wildman–Crippen LogP) is 2.14. The lowest BCUT2D eigenvalue weighted by Crippen LogP contribution is -2.60. The minimum Gasteiger partial charge on any atom is -0.497 e. The molecule has 9 heteroatoms. The third-order valence-corrected chi connectivity index (χ3v) is 8.86. The van der Waals surface area contributed by atoms with Gasteiger partial charge in [-0.05, 0) is 30.2 Å².